The maximum Gasteiger partial charge on any atom is 0.332 e. The van der Waals surface area contributed by atoms with Crippen molar-refractivity contribution in [1.82, 2.24) is 0 Å². The summed E-state index contributed by atoms with van der Waals surface area (Å²) < 4.78 is 21.6. The summed E-state index contributed by atoms with van der Waals surface area (Å²) in [5, 5.41) is 0. The lowest BCUT2D eigenvalue weighted by Crippen LogP contribution is -2.30. The van der Waals surface area contributed by atoms with Gasteiger partial charge in [-0.15, -0.1) is 0 Å². The first-order chi connectivity index (χ1) is 11.2. The lowest BCUT2D eigenvalue weighted by Gasteiger charge is -2.32. The van der Waals surface area contributed by atoms with Gasteiger partial charge in [0.25, 0.3) is 0 Å². The molecule has 23 heavy (non-hydrogen) atoms. The summed E-state index contributed by atoms with van der Waals surface area (Å²) in [6.45, 7) is -0.0522. The Morgan fingerprint density at radius 1 is 0.826 bits per heavy atom. The fraction of sp³-hybridized carbons (Fsp3) is 0.278. The zero-order valence-electron chi connectivity index (χ0n) is 13.0. The van der Waals surface area contributed by atoms with Crippen LogP contribution in [0, 0.1) is 0 Å². The number of carbonyl (C=O) groups excluding carboxylic acids is 1. The van der Waals surface area contributed by atoms with Gasteiger partial charge in [-0.3, -0.25) is 0 Å². The Bertz CT molecular complexity index is 663. The molecule has 0 unspecified atom stereocenters. The molecule has 5 nitrogen and oxygen atoms in total. The molecular weight excluding hydrogens is 296 g/mol. The van der Waals surface area contributed by atoms with Gasteiger partial charge in [0.05, 0.1) is 14.2 Å². The highest BCUT2D eigenvalue weighted by atomic mass is 16.6. The van der Waals surface area contributed by atoms with Gasteiger partial charge >= 0.3 is 5.97 Å². The molecule has 0 radical (unpaired) electrons. The highest BCUT2D eigenvalue weighted by Gasteiger charge is 2.34. The quantitative estimate of drug-likeness (QED) is 0.812. The van der Waals surface area contributed by atoms with Crippen LogP contribution in [0.5, 0.6) is 11.5 Å². The zero-order chi connectivity index (χ0) is 16.2. The molecule has 5 heteroatoms. The number of carbonyl (C=O) groups is 1. The van der Waals surface area contributed by atoms with Crippen molar-refractivity contribution in [3.63, 3.8) is 0 Å². The highest BCUT2D eigenvalue weighted by molar-refractivity contribution is 5.72. The lowest BCUT2D eigenvalue weighted by atomic mass is 9.97. The van der Waals surface area contributed by atoms with Crippen LogP contribution in [0.25, 0.3) is 0 Å². The summed E-state index contributed by atoms with van der Waals surface area (Å²) in [7, 11) is 3.23. The van der Waals surface area contributed by atoms with E-state index in [-0.39, 0.29) is 18.7 Å². The maximum atomic E-state index is 11.7. The van der Waals surface area contributed by atoms with Gasteiger partial charge in [0.15, 0.2) is 6.10 Å². The number of ether oxygens (including phenoxy) is 4. The molecule has 2 aromatic carbocycles. The Morgan fingerprint density at radius 3 is 1.78 bits per heavy atom. The maximum absolute atomic E-state index is 11.7. The van der Waals surface area contributed by atoms with Gasteiger partial charge in [0.2, 0.25) is 0 Å². The molecule has 0 N–H and O–H groups in total. The molecule has 2 aromatic rings. The van der Waals surface area contributed by atoms with Crippen LogP contribution in [0.3, 0.4) is 0 Å². The van der Waals surface area contributed by atoms with E-state index in [0.29, 0.717) is 0 Å². The molecular formula is C18H18O5. The largest absolute Gasteiger partial charge is 0.497 e. The van der Waals surface area contributed by atoms with Crippen molar-refractivity contribution >= 4 is 5.97 Å². The first kappa shape index (κ1) is 15.4. The van der Waals surface area contributed by atoms with E-state index in [1.165, 1.54) is 0 Å². The molecule has 3 rings (SSSR count). The molecule has 1 saturated heterocycles. The van der Waals surface area contributed by atoms with E-state index in [2.05, 4.69) is 0 Å². The fourth-order valence-electron chi connectivity index (χ4n) is 2.58. The van der Waals surface area contributed by atoms with Crippen molar-refractivity contribution in [2.75, 3.05) is 20.8 Å². The van der Waals surface area contributed by atoms with Crippen molar-refractivity contribution in [2.45, 2.75) is 12.2 Å². The minimum Gasteiger partial charge on any atom is -0.497 e. The molecule has 2 atom stereocenters. The third-order valence-electron chi connectivity index (χ3n) is 3.80. The summed E-state index contributed by atoms with van der Waals surface area (Å²) in [6.07, 6.45) is -0.845. The molecule has 0 aromatic heterocycles. The first-order valence-electron chi connectivity index (χ1n) is 7.30. The third kappa shape index (κ3) is 3.29. The molecule has 120 valence electrons. The normalized spacial score (nSPS) is 20.7. The van der Waals surface area contributed by atoms with E-state index in [9.17, 15) is 4.79 Å². The second-order valence-electron chi connectivity index (χ2n) is 5.19. The van der Waals surface area contributed by atoms with Gasteiger partial charge in [0, 0.05) is 0 Å². The van der Waals surface area contributed by atoms with Crippen LogP contribution in [0.4, 0.5) is 0 Å². The van der Waals surface area contributed by atoms with E-state index in [1.54, 1.807) is 14.2 Å². The average Bonchev–Trinajstić information content (AvgIpc) is 2.62. The van der Waals surface area contributed by atoms with Crippen LogP contribution in [-0.2, 0) is 14.3 Å². The lowest BCUT2D eigenvalue weighted by molar-refractivity contribution is -0.185. The molecule has 1 aliphatic rings. The van der Waals surface area contributed by atoms with Crippen LogP contribution in [0.1, 0.15) is 23.3 Å². The van der Waals surface area contributed by atoms with Crippen molar-refractivity contribution in [2.24, 2.45) is 0 Å². The summed E-state index contributed by atoms with van der Waals surface area (Å²) in [5.74, 6) is 1.15. The fourth-order valence-corrected chi connectivity index (χ4v) is 2.58. The van der Waals surface area contributed by atoms with Crippen molar-refractivity contribution in [1.29, 1.82) is 0 Å². The van der Waals surface area contributed by atoms with Crippen LogP contribution in [0.2, 0.25) is 0 Å². The van der Waals surface area contributed by atoms with Gasteiger partial charge in [-0.1, -0.05) is 24.3 Å². The summed E-state index contributed by atoms with van der Waals surface area (Å²) in [4.78, 5) is 11.7. The Hall–Kier alpha value is -2.53. The van der Waals surface area contributed by atoms with Crippen molar-refractivity contribution in [3.8, 4) is 11.5 Å². The van der Waals surface area contributed by atoms with Crippen molar-refractivity contribution in [3.05, 3.63) is 59.7 Å². The van der Waals surface area contributed by atoms with E-state index < -0.39 is 6.10 Å². The summed E-state index contributed by atoms with van der Waals surface area (Å²) in [6, 6.07) is 15.0. The number of cyclic esters (lactones) is 1. The predicted octanol–water partition coefficient (Wildman–Crippen LogP) is 3.06. The molecule has 0 spiro atoms. The van der Waals surface area contributed by atoms with Gasteiger partial charge in [-0.05, 0) is 35.4 Å². The second kappa shape index (κ2) is 6.71. The minimum absolute atomic E-state index is 0.0522. The molecule has 0 saturated carbocycles. The predicted molar refractivity (Wildman–Crippen MR) is 83.5 cm³/mol. The van der Waals surface area contributed by atoms with E-state index in [1.807, 2.05) is 48.5 Å². The summed E-state index contributed by atoms with van der Waals surface area (Å²) in [5.41, 5.74) is 1.79. The number of esters is 1. The minimum atomic E-state index is -0.490. The van der Waals surface area contributed by atoms with Gasteiger partial charge in [-0.25, -0.2) is 4.79 Å². The Balaban J connectivity index is 1.90. The number of benzene rings is 2. The van der Waals surface area contributed by atoms with Crippen LogP contribution in [0.15, 0.2) is 48.5 Å². The second-order valence-corrected chi connectivity index (χ2v) is 5.19. The molecule has 0 bridgehead atoms. The SMILES string of the molecule is COc1ccc([C@@H]2OCC(=O)O[C@H]2c2ccc(OC)cc2)cc1. The number of rotatable bonds is 4. The molecule has 0 amide bonds. The van der Waals surface area contributed by atoms with Crippen LogP contribution < -0.4 is 9.47 Å². The standard InChI is InChI=1S/C18H18O5/c1-20-14-7-3-12(4-8-14)17-18(23-16(19)11-22-17)13-5-9-15(21-2)10-6-13/h3-10,17-18H,11H2,1-2H3/t17-,18-/m0/s1. The van der Waals surface area contributed by atoms with Gasteiger partial charge in [-0.2, -0.15) is 0 Å². The molecule has 1 heterocycles. The number of methoxy groups -OCH3 is 2. The number of hydrogen-bond donors (Lipinski definition) is 0. The van der Waals surface area contributed by atoms with Gasteiger partial charge < -0.3 is 18.9 Å². The Kier molecular flexibility index (Phi) is 4.48. The Labute approximate surface area is 134 Å². The smallest absolute Gasteiger partial charge is 0.332 e. The Morgan fingerprint density at radius 2 is 1.30 bits per heavy atom. The van der Waals surface area contributed by atoms with E-state index in [4.69, 9.17) is 18.9 Å². The third-order valence-corrected chi connectivity index (χ3v) is 3.80. The van der Waals surface area contributed by atoms with Crippen LogP contribution in [-0.4, -0.2) is 26.8 Å². The zero-order valence-corrected chi connectivity index (χ0v) is 13.0. The average molecular weight is 314 g/mol. The van der Waals surface area contributed by atoms with E-state index >= 15 is 0 Å². The highest BCUT2D eigenvalue weighted by Crippen LogP contribution is 2.38. The van der Waals surface area contributed by atoms with Gasteiger partial charge in [0.1, 0.15) is 24.2 Å². The molecule has 0 aliphatic carbocycles. The summed E-state index contributed by atoms with van der Waals surface area (Å²) >= 11 is 0. The van der Waals surface area contributed by atoms with E-state index in [0.717, 1.165) is 22.6 Å². The first-order valence-corrected chi connectivity index (χ1v) is 7.30. The monoisotopic (exact) mass is 314 g/mol. The topological polar surface area (TPSA) is 54.0 Å². The van der Waals surface area contributed by atoms with Crippen LogP contribution >= 0.6 is 0 Å². The van der Waals surface area contributed by atoms with Crippen molar-refractivity contribution < 1.29 is 23.7 Å². The molecule has 1 aliphatic heterocycles. The molecule has 1 fully saturated rings. The number of hydrogen-bond acceptors (Lipinski definition) is 5.